The molecule has 6 aromatic rings. The number of halogens is 2. The molecule has 0 unspecified atom stereocenters. The van der Waals surface area contributed by atoms with E-state index in [9.17, 15) is 4.79 Å². The molecule has 5 N–H and O–H groups in total. The van der Waals surface area contributed by atoms with Gasteiger partial charge < -0.3 is 10.6 Å². The Kier molecular flexibility index (Phi) is 7.92. The first-order chi connectivity index (χ1) is 18.5. The van der Waals surface area contributed by atoms with Crippen molar-refractivity contribution < 1.29 is 4.79 Å². The minimum atomic E-state index is -0.371. The highest BCUT2D eigenvalue weighted by Gasteiger charge is 2.09. The second kappa shape index (κ2) is 11.9. The predicted octanol–water partition coefficient (Wildman–Crippen LogP) is 5.98. The van der Waals surface area contributed by atoms with E-state index < -0.39 is 0 Å². The van der Waals surface area contributed by atoms with Crippen LogP contribution in [-0.4, -0.2) is 47.9 Å². The zero-order valence-corrected chi connectivity index (χ0v) is 21.9. The second-order valence-corrected chi connectivity index (χ2v) is 9.78. The van der Waals surface area contributed by atoms with Crippen LogP contribution in [0.2, 0.25) is 10.0 Å². The lowest BCUT2D eigenvalue weighted by Gasteiger charge is -2.05. The standard InChI is InChI=1S/C17H15ClN8OS.C7H5ClN2/c18-10-2-1-3-11(6-10)24-16(27)25-17-20-7-12(28-17)4-5-19-15-14-13(8-23-26-14)21-9-22-15;8-6-3-1-2-5-4-9-10-7(5)6/h1-3,6-9H,4-5H2,(H,23,26)(H,19,21,22)(H2,20,24,25,27);1-4H,(H,9,10). The van der Waals surface area contributed by atoms with Crippen molar-refractivity contribution in [2.45, 2.75) is 6.42 Å². The van der Waals surface area contributed by atoms with E-state index in [2.05, 4.69) is 51.3 Å². The summed E-state index contributed by atoms with van der Waals surface area (Å²) >= 11 is 13.1. The lowest BCUT2D eigenvalue weighted by molar-refractivity contribution is 0.262. The molecule has 192 valence electrons. The quantitative estimate of drug-likeness (QED) is 0.166. The van der Waals surface area contributed by atoms with Crippen LogP contribution in [0.15, 0.2) is 67.4 Å². The van der Waals surface area contributed by atoms with Gasteiger partial charge >= 0.3 is 6.03 Å². The van der Waals surface area contributed by atoms with Crippen molar-refractivity contribution in [1.82, 2.24) is 35.3 Å². The first-order valence-corrected chi connectivity index (χ1v) is 12.9. The van der Waals surface area contributed by atoms with Gasteiger partial charge in [0.2, 0.25) is 0 Å². The number of aromatic nitrogens is 7. The van der Waals surface area contributed by atoms with E-state index >= 15 is 0 Å². The second-order valence-electron chi connectivity index (χ2n) is 7.82. The maximum Gasteiger partial charge on any atom is 0.325 e. The number of H-pyrrole nitrogens is 2. The summed E-state index contributed by atoms with van der Waals surface area (Å²) in [4.78, 5) is 25.7. The topological polar surface area (TPSA) is 149 Å². The Morgan fingerprint density at radius 2 is 1.76 bits per heavy atom. The molecule has 0 spiro atoms. The number of amides is 2. The van der Waals surface area contributed by atoms with Crippen LogP contribution in [0.25, 0.3) is 21.9 Å². The van der Waals surface area contributed by atoms with Gasteiger partial charge in [0, 0.05) is 40.1 Å². The van der Waals surface area contributed by atoms with Crippen LogP contribution < -0.4 is 16.0 Å². The highest BCUT2D eigenvalue weighted by Crippen LogP contribution is 2.21. The fourth-order valence-electron chi connectivity index (χ4n) is 3.44. The van der Waals surface area contributed by atoms with Gasteiger partial charge in [0.05, 0.1) is 22.9 Å². The van der Waals surface area contributed by atoms with Gasteiger partial charge in [0.25, 0.3) is 0 Å². The lowest BCUT2D eigenvalue weighted by atomic mass is 10.3. The normalized spacial score (nSPS) is 10.7. The van der Waals surface area contributed by atoms with E-state index in [1.807, 2.05) is 18.2 Å². The molecule has 14 heteroatoms. The van der Waals surface area contributed by atoms with E-state index in [0.29, 0.717) is 28.2 Å². The molecule has 11 nitrogen and oxygen atoms in total. The van der Waals surface area contributed by atoms with Crippen molar-refractivity contribution in [3.63, 3.8) is 0 Å². The van der Waals surface area contributed by atoms with E-state index in [-0.39, 0.29) is 6.03 Å². The summed E-state index contributed by atoms with van der Waals surface area (Å²) < 4.78 is 0. The molecule has 4 aromatic heterocycles. The largest absolute Gasteiger partial charge is 0.368 e. The Hall–Kier alpha value is -4.26. The third-order valence-corrected chi connectivity index (χ3v) is 6.71. The number of fused-ring (bicyclic) bond motifs is 2. The number of hydrogen-bond donors (Lipinski definition) is 5. The maximum atomic E-state index is 12.1. The van der Waals surface area contributed by atoms with Gasteiger partial charge in [-0.2, -0.15) is 10.2 Å². The number of carbonyl (C=O) groups excluding carboxylic acids is 1. The third kappa shape index (κ3) is 6.35. The SMILES string of the molecule is Clc1cccc2cn[nH]c12.O=C(Nc1cccc(Cl)c1)Nc1ncc(CCNc2ncnc3cn[nH]c23)s1. The molecule has 6 rings (SSSR count). The van der Waals surface area contributed by atoms with Crippen molar-refractivity contribution in [2.24, 2.45) is 0 Å². The zero-order chi connectivity index (χ0) is 26.3. The van der Waals surface area contributed by atoms with Gasteiger partial charge in [-0.25, -0.2) is 19.7 Å². The number of nitrogens with zero attached hydrogens (tertiary/aromatic N) is 5. The van der Waals surface area contributed by atoms with Crippen molar-refractivity contribution in [3.8, 4) is 0 Å². The highest BCUT2D eigenvalue weighted by molar-refractivity contribution is 7.15. The zero-order valence-electron chi connectivity index (χ0n) is 19.6. The number of rotatable bonds is 6. The maximum absolute atomic E-state index is 12.1. The summed E-state index contributed by atoms with van der Waals surface area (Å²) in [6, 6.07) is 12.3. The number of hydrogen-bond acceptors (Lipinski definition) is 8. The molecule has 0 saturated heterocycles. The van der Waals surface area contributed by atoms with Crippen molar-refractivity contribution in [1.29, 1.82) is 0 Å². The molecule has 0 fully saturated rings. The summed E-state index contributed by atoms with van der Waals surface area (Å²) in [5.74, 6) is 0.700. The number of para-hydroxylation sites is 1. The average molecular weight is 567 g/mol. The summed E-state index contributed by atoms with van der Waals surface area (Å²) in [5, 5.41) is 25.0. The minimum Gasteiger partial charge on any atom is -0.368 e. The predicted molar refractivity (Wildman–Crippen MR) is 151 cm³/mol. The highest BCUT2D eigenvalue weighted by atomic mass is 35.5. The van der Waals surface area contributed by atoms with Crippen LogP contribution in [0, 0.1) is 0 Å². The Bertz CT molecular complexity index is 1680. The Labute approximate surface area is 230 Å². The molecule has 4 heterocycles. The molecule has 0 atom stereocenters. The summed E-state index contributed by atoms with van der Waals surface area (Å²) in [6.07, 6.45) is 7.37. The number of aromatic amines is 2. The first-order valence-electron chi connectivity index (χ1n) is 11.3. The molecule has 2 amide bonds. The lowest BCUT2D eigenvalue weighted by Crippen LogP contribution is -2.19. The Morgan fingerprint density at radius 1 is 0.921 bits per heavy atom. The van der Waals surface area contributed by atoms with Gasteiger partial charge in [-0.1, -0.05) is 41.4 Å². The first kappa shape index (κ1) is 25.4. The molecule has 0 aliphatic rings. The van der Waals surface area contributed by atoms with Crippen molar-refractivity contribution in [2.75, 3.05) is 22.5 Å². The molecular formula is C24H20Cl2N10OS. The monoisotopic (exact) mass is 566 g/mol. The molecule has 2 aromatic carbocycles. The van der Waals surface area contributed by atoms with Crippen LogP contribution in [0.5, 0.6) is 0 Å². The summed E-state index contributed by atoms with van der Waals surface area (Å²) in [7, 11) is 0. The number of thiazole rings is 1. The van der Waals surface area contributed by atoms with Gasteiger partial charge in [-0.05, 0) is 24.3 Å². The third-order valence-electron chi connectivity index (χ3n) is 5.19. The van der Waals surface area contributed by atoms with Crippen LogP contribution in [0.3, 0.4) is 0 Å². The van der Waals surface area contributed by atoms with E-state index in [0.717, 1.165) is 38.3 Å². The molecular weight excluding hydrogens is 547 g/mol. The van der Waals surface area contributed by atoms with Crippen molar-refractivity contribution >= 4 is 79.1 Å². The molecule has 0 aliphatic heterocycles. The number of anilines is 3. The minimum absolute atomic E-state index is 0.371. The summed E-state index contributed by atoms with van der Waals surface area (Å²) in [6.45, 7) is 0.654. The molecule has 0 saturated carbocycles. The van der Waals surface area contributed by atoms with Crippen LogP contribution in [-0.2, 0) is 6.42 Å². The molecule has 0 radical (unpaired) electrons. The molecule has 0 aliphatic carbocycles. The van der Waals surface area contributed by atoms with Crippen molar-refractivity contribution in [3.05, 3.63) is 82.3 Å². The van der Waals surface area contributed by atoms with E-state index in [1.165, 1.54) is 17.7 Å². The smallest absolute Gasteiger partial charge is 0.325 e. The molecule has 0 bridgehead atoms. The fourth-order valence-corrected chi connectivity index (χ4v) is 4.66. The van der Waals surface area contributed by atoms with Gasteiger partial charge in [-0.3, -0.25) is 15.5 Å². The molecule has 38 heavy (non-hydrogen) atoms. The van der Waals surface area contributed by atoms with Gasteiger partial charge in [0.15, 0.2) is 10.9 Å². The van der Waals surface area contributed by atoms with Gasteiger partial charge in [-0.15, -0.1) is 11.3 Å². The summed E-state index contributed by atoms with van der Waals surface area (Å²) in [5.41, 5.74) is 3.05. The Morgan fingerprint density at radius 3 is 2.63 bits per heavy atom. The van der Waals surface area contributed by atoms with Crippen LogP contribution >= 0.6 is 34.5 Å². The van der Waals surface area contributed by atoms with E-state index in [1.54, 1.807) is 42.9 Å². The number of urea groups is 1. The van der Waals surface area contributed by atoms with E-state index in [4.69, 9.17) is 23.2 Å². The van der Waals surface area contributed by atoms with Crippen LogP contribution in [0.4, 0.5) is 21.4 Å². The number of carbonyl (C=O) groups is 1. The number of benzene rings is 2. The van der Waals surface area contributed by atoms with Gasteiger partial charge in [0.1, 0.15) is 17.4 Å². The Balaban J connectivity index is 0.000000244. The fraction of sp³-hybridized carbons (Fsp3) is 0.0833. The average Bonchev–Trinajstić information content (AvgIpc) is 3.66. The van der Waals surface area contributed by atoms with Crippen LogP contribution in [0.1, 0.15) is 4.88 Å². The number of nitrogens with one attached hydrogen (secondary N) is 5.